The predicted molar refractivity (Wildman–Crippen MR) is 58.6 cm³/mol. The van der Waals surface area contributed by atoms with Crippen LogP contribution < -0.4 is 0 Å². The van der Waals surface area contributed by atoms with Crippen LogP contribution in [0, 0.1) is 5.92 Å². The number of amides is 2. The molecule has 2 amide bonds. The van der Waals surface area contributed by atoms with Crippen molar-refractivity contribution in [3.05, 3.63) is 35.4 Å². The molecule has 1 heterocycles. The van der Waals surface area contributed by atoms with Crippen molar-refractivity contribution in [2.45, 2.75) is 6.92 Å². The number of carboxylic acids is 1. The number of carbonyl (C=O) groups is 3. The molecule has 0 saturated carbocycles. The van der Waals surface area contributed by atoms with E-state index in [0.717, 1.165) is 4.90 Å². The first kappa shape index (κ1) is 11.3. The highest BCUT2D eigenvalue weighted by Gasteiger charge is 2.36. The third kappa shape index (κ3) is 1.80. The van der Waals surface area contributed by atoms with Gasteiger partial charge in [0.1, 0.15) is 0 Å². The normalized spacial score (nSPS) is 15.9. The zero-order valence-corrected chi connectivity index (χ0v) is 9.21. The molecule has 0 spiro atoms. The molecular formula is C12H11NO4. The molecule has 5 heteroatoms. The number of fused-ring (bicyclic) bond motifs is 1. The van der Waals surface area contributed by atoms with E-state index >= 15 is 0 Å². The topological polar surface area (TPSA) is 74.7 Å². The Labute approximate surface area is 97.7 Å². The fourth-order valence-corrected chi connectivity index (χ4v) is 1.76. The lowest BCUT2D eigenvalue weighted by Gasteiger charge is -2.16. The molecule has 2 rings (SSSR count). The number of carbonyl (C=O) groups excluding carboxylic acids is 2. The van der Waals surface area contributed by atoms with E-state index in [4.69, 9.17) is 5.11 Å². The molecule has 17 heavy (non-hydrogen) atoms. The van der Waals surface area contributed by atoms with Gasteiger partial charge < -0.3 is 5.11 Å². The zero-order chi connectivity index (χ0) is 12.6. The van der Waals surface area contributed by atoms with E-state index in [1.165, 1.54) is 6.92 Å². The summed E-state index contributed by atoms with van der Waals surface area (Å²) >= 11 is 0. The average Bonchev–Trinajstić information content (AvgIpc) is 2.55. The van der Waals surface area contributed by atoms with E-state index in [1.807, 2.05) is 0 Å². The van der Waals surface area contributed by atoms with Crippen molar-refractivity contribution in [2.24, 2.45) is 5.92 Å². The first-order valence-corrected chi connectivity index (χ1v) is 5.20. The molecular weight excluding hydrogens is 222 g/mol. The molecule has 0 aromatic heterocycles. The van der Waals surface area contributed by atoms with E-state index in [1.54, 1.807) is 24.3 Å². The monoisotopic (exact) mass is 233 g/mol. The Morgan fingerprint density at radius 1 is 1.24 bits per heavy atom. The van der Waals surface area contributed by atoms with Gasteiger partial charge in [-0.1, -0.05) is 19.1 Å². The van der Waals surface area contributed by atoms with Gasteiger partial charge in [-0.15, -0.1) is 0 Å². The van der Waals surface area contributed by atoms with Crippen LogP contribution in [0.3, 0.4) is 0 Å². The van der Waals surface area contributed by atoms with Crippen LogP contribution in [0.4, 0.5) is 0 Å². The molecule has 1 aliphatic rings. The molecule has 1 N–H and O–H groups in total. The maximum atomic E-state index is 11.9. The highest BCUT2D eigenvalue weighted by atomic mass is 16.4. The van der Waals surface area contributed by atoms with Gasteiger partial charge in [0, 0.05) is 6.54 Å². The molecule has 1 aromatic rings. The second kappa shape index (κ2) is 4.01. The van der Waals surface area contributed by atoms with Gasteiger partial charge in [-0.2, -0.15) is 0 Å². The number of benzene rings is 1. The van der Waals surface area contributed by atoms with Crippen LogP contribution in [0.15, 0.2) is 24.3 Å². The van der Waals surface area contributed by atoms with Crippen molar-refractivity contribution in [2.75, 3.05) is 6.54 Å². The first-order valence-electron chi connectivity index (χ1n) is 5.20. The fourth-order valence-electron chi connectivity index (χ4n) is 1.76. The fraction of sp³-hybridized carbons (Fsp3) is 0.250. The van der Waals surface area contributed by atoms with Crippen molar-refractivity contribution in [3.8, 4) is 0 Å². The first-order chi connectivity index (χ1) is 8.02. The van der Waals surface area contributed by atoms with Gasteiger partial charge in [0.2, 0.25) is 0 Å². The summed E-state index contributed by atoms with van der Waals surface area (Å²) < 4.78 is 0. The molecule has 0 bridgehead atoms. The van der Waals surface area contributed by atoms with Crippen LogP contribution in [-0.4, -0.2) is 34.3 Å². The highest BCUT2D eigenvalue weighted by molar-refractivity contribution is 6.21. The van der Waals surface area contributed by atoms with Crippen LogP contribution in [0.2, 0.25) is 0 Å². The Balaban J connectivity index is 2.27. The minimum atomic E-state index is -1.03. The van der Waals surface area contributed by atoms with E-state index in [0.29, 0.717) is 11.1 Å². The minimum Gasteiger partial charge on any atom is -0.481 e. The summed E-state index contributed by atoms with van der Waals surface area (Å²) in [6, 6.07) is 6.49. The van der Waals surface area contributed by atoms with Gasteiger partial charge >= 0.3 is 5.97 Å². The largest absolute Gasteiger partial charge is 0.481 e. The number of carboxylic acid groups (broad SMARTS) is 1. The van der Waals surface area contributed by atoms with Crippen molar-refractivity contribution in [1.29, 1.82) is 0 Å². The Kier molecular flexibility index (Phi) is 2.67. The number of hydrogen-bond acceptors (Lipinski definition) is 3. The molecule has 0 radical (unpaired) electrons. The molecule has 0 unspecified atom stereocenters. The summed E-state index contributed by atoms with van der Waals surface area (Å²) in [5.41, 5.74) is 0.685. The van der Waals surface area contributed by atoms with E-state index in [9.17, 15) is 14.4 Å². The molecule has 0 aliphatic carbocycles. The molecule has 5 nitrogen and oxygen atoms in total. The molecule has 1 aromatic carbocycles. The van der Waals surface area contributed by atoms with Gasteiger partial charge in [-0.25, -0.2) is 0 Å². The maximum Gasteiger partial charge on any atom is 0.308 e. The summed E-state index contributed by atoms with van der Waals surface area (Å²) in [6.45, 7) is 1.37. The lowest BCUT2D eigenvalue weighted by molar-refractivity contribution is -0.141. The van der Waals surface area contributed by atoms with Crippen molar-refractivity contribution in [1.82, 2.24) is 4.90 Å². The van der Waals surface area contributed by atoms with Gasteiger partial charge in [0.05, 0.1) is 17.0 Å². The van der Waals surface area contributed by atoms with Crippen LogP contribution in [0.1, 0.15) is 27.6 Å². The molecule has 0 saturated heterocycles. The summed E-state index contributed by atoms with van der Waals surface area (Å²) in [5.74, 6) is -2.63. The second-order valence-electron chi connectivity index (χ2n) is 4.01. The highest BCUT2D eigenvalue weighted by Crippen LogP contribution is 2.23. The number of rotatable bonds is 3. The Hall–Kier alpha value is -2.17. The third-order valence-corrected chi connectivity index (χ3v) is 2.76. The lowest BCUT2D eigenvalue weighted by atomic mass is 10.1. The quantitative estimate of drug-likeness (QED) is 0.790. The number of nitrogens with zero attached hydrogens (tertiary/aromatic N) is 1. The van der Waals surface area contributed by atoms with Gasteiger partial charge in [0.25, 0.3) is 11.8 Å². The van der Waals surface area contributed by atoms with Crippen LogP contribution in [-0.2, 0) is 4.79 Å². The third-order valence-electron chi connectivity index (χ3n) is 2.76. The Morgan fingerprint density at radius 3 is 2.12 bits per heavy atom. The number of imide groups is 1. The molecule has 1 atom stereocenters. The maximum absolute atomic E-state index is 11.9. The lowest BCUT2D eigenvalue weighted by Crippen LogP contribution is -2.36. The van der Waals surface area contributed by atoms with Crippen LogP contribution in [0.5, 0.6) is 0 Å². The minimum absolute atomic E-state index is 0.0956. The van der Waals surface area contributed by atoms with Gasteiger partial charge in [-0.3, -0.25) is 19.3 Å². The summed E-state index contributed by atoms with van der Waals surface area (Å²) in [5, 5.41) is 8.78. The molecule has 88 valence electrons. The summed E-state index contributed by atoms with van der Waals surface area (Å²) in [4.78, 5) is 35.5. The smallest absolute Gasteiger partial charge is 0.308 e. The van der Waals surface area contributed by atoms with Crippen LogP contribution >= 0.6 is 0 Å². The SMILES string of the molecule is C[C@H](CN1C(=O)c2ccccc2C1=O)C(=O)O. The standard InChI is InChI=1S/C12H11NO4/c1-7(12(16)17)6-13-10(14)8-4-2-3-5-9(8)11(13)15/h2-5,7H,6H2,1H3,(H,16,17)/t7-/m1/s1. The zero-order valence-electron chi connectivity index (χ0n) is 9.21. The van der Waals surface area contributed by atoms with E-state index < -0.39 is 23.7 Å². The summed E-state index contributed by atoms with van der Waals surface area (Å²) in [6.07, 6.45) is 0. The van der Waals surface area contributed by atoms with E-state index in [-0.39, 0.29) is 6.54 Å². The van der Waals surface area contributed by atoms with Gasteiger partial charge in [-0.05, 0) is 12.1 Å². The summed E-state index contributed by atoms with van der Waals surface area (Å²) in [7, 11) is 0. The molecule has 0 fully saturated rings. The number of aliphatic carboxylic acids is 1. The Morgan fingerprint density at radius 2 is 1.71 bits per heavy atom. The molecule has 1 aliphatic heterocycles. The van der Waals surface area contributed by atoms with Gasteiger partial charge in [0.15, 0.2) is 0 Å². The number of hydrogen-bond donors (Lipinski definition) is 1. The Bertz CT molecular complexity index is 474. The average molecular weight is 233 g/mol. The van der Waals surface area contributed by atoms with E-state index in [2.05, 4.69) is 0 Å². The predicted octanol–water partition coefficient (Wildman–Crippen LogP) is 1.00. The van der Waals surface area contributed by atoms with Crippen molar-refractivity contribution in [3.63, 3.8) is 0 Å². The van der Waals surface area contributed by atoms with Crippen molar-refractivity contribution >= 4 is 17.8 Å². The second-order valence-corrected chi connectivity index (χ2v) is 4.01. The van der Waals surface area contributed by atoms with Crippen LogP contribution in [0.25, 0.3) is 0 Å². The van der Waals surface area contributed by atoms with Crippen molar-refractivity contribution < 1.29 is 19.5 Å².